The molecule has 0 spiro atoms. The molecule has 1 heterocycles. The molecule has 1 aromatic heterocycles. The Hall–Kier alpha value is -2.55. The number of benzene rings is 2. The highest BCUT2D eigenvalue weighted by atomic mass is 16.3. The summed E-state index contributed by atoms with van der Waals surface area (Å²) in [5.74, 6) is 0.153. The van der Waals surface area contributed by atoms with Crippen LogP contribution in [0.2, 0.25) is 0 Å². The van der Waals surface area contributed by atoms with Gasteiger partial charge in [-0.25, -0.2) is 0 Å². The molecule has 2 N–H and O–H groups in total. The molecule has 100 valence electrons. The smallest absolute Gasteiger partial charge is 0.198 e. The van der Waals surface area contributed by atoms with Crippen LogP contribution >= 0.6 is 0 Å². The molecule has 3 rings (SSSR count). The largest absolute Gasteiger partial charge is 0.494 e. The van der Waals surface area contributed by atoms with E-state index in [-0.39, 0.29) is 5.88 Å². The maximum Gasteiger partial charge on any atom is 0.198 e. The molecule has 0 aliphatic heterocycles. The summed E-state index contributed by atoms with van der Waals surface area (Å²) in [6.45, 7) is 4.12. The van der Waals surface area contributed by atoms with Crippen molar-refractivity contribution in [3.8, 4) is 5.88 Å². The standard InChI is InChI=1S/C17H16N2O/c1-11-6-5-9-15(12(11)2)18-10-14-13-7-3-4-8-16(13)19-17(14)20/h3-10,19-20H,1-2H3. The van der Waals surface area contributed by atoms with Gasteiger partial charge in [0.15, 0.2) is 5.88 Å². The first-order valence-corrected chi connectivity index (χ1v) is 6.57. The summed E-state index contributed by atoms with van der Waals surface area (Å²) in [5.41, 5.74) is 4.93. The summed E-state index contributed by atoms with van der Waals surface area (Å²) in [4.78, 5) is 7.47. The van der Waals surface area contributed by atoms with Crippen molar-refractivity contribution in [1.82, 2.24) is 4.98 Å². The molecule has 0 aliphatic carbocycles. The minimum atomic E-state index is 0.153. The van der Waals surface area contributed by atoms with Gasteiger partial charge in [0.2, 0.25) is 0 Å². The molecule has 0 bridgehead atoms. The van der Waals surface area contributed by atoms with Crippen molar-refractivity contribution in [2.45, 2.75) is 13.8 Å². The second kappa shape index (κ2) is 4.85. The monoisotopic (exact) mass is 264 g/mol. The van der Waals surface area contributed by atoms with E-state index in [1.807, 2.05) is 36.4 Å². The summed E-state index contributed by atoms with van der Waals surface area (Å²) < 4.78 is 0. The van der Waals surface area contributed by atoms with E-state index in [0.717, 1.165) is 27.7 Å². The van der Waals surface area contributed by atoms with Crippen molar-refractivity contribution in [3.05, 3.63) is 59.2 Å². The lowest BCUT2D eigenvalue weighted by Gasteiger charge is -2.02. The normalized spacial score (nSPS) is 11.5. The molecule has 0 saturated carbocycles. The zero-order valence-electron chi connectivity index (χ0n) is 11.5. The van der Waals surface area contributed by atoms with E-state index in [1.54, 1.807) is 6.21 Å². The molecule has 20 heavy (non-hydrogen) atoms. The van der Waals surface area contributed by atoms with E-state index in [4.69, 9.17) is 0 Å². The van der Waals surface area contributed by atoms with Crippen molar-refractivity contribution < 1.29 is 5.11 Å². The third-order valence-electron chi connectivity index (χ3n) is 3.63. The van der Waals surface area contributed by atoms with Crippen LogP contribution < -0.4 is 0 Å². The van der Waals surface area contributed by atoms with E-state index < -0.39 is 0 Å². The van der Waals surface area contributed by atoms with Crippen LogP contribution in [-0.4, -0.2) is 16.3 Å². The Balaban J connectivity index is 2.07. The lowest BCUT2D eigenvalue weighted by Crippen LogP contribution is -1.83. The minimum Gasteiger partial charge on any atom is -0.494 e. The predicted molar refractivity (Wildman–Crippen MR) is 83.1 cm³/mol. The fourth-order valence-electron chi connectivity index (χ4n) is 2.29. The number of H-pyrrole nitrogens is 1. The Labute approximate surface area is 117 Å². The molecular weight excluding hydrogens is 248 g/mol. The quantitative estimate of drug-likeness (QED) is 0.668. The highest BCUT2D eigenvalue weighted by Gasteiger charge is 2.08. The number of aromatic nitrogens is 1. The highest BCUT2D eigenvalue weighted by molar-refractivity contribution is 6.02. The summed E-state index contributed by atoms with van der Waals surface area (Å²) >= 11 is 0. The second-order valence-corrected chi connectivity index (χ2v) is 4.91. The van der Waals surface area contributed by atoms with Crippen molar-refractivity contribution in [1.29, 1.82) is 0 Å². The van der Waals surface area contributed by atoms with Gasteiger partial charge < -0.3 is 10.1 Å². The summed E-state index contributed by atoms with van der Waals surface area (Å²) in [6.07, 6.45) is 1.72. The average molecular weight is 264 g/mol. The lowest BCUT2D eigenvalue weighted by molar-refractivity contribution is 0.457. The van der Waals surface area contributed by atoms with Crippen LogP contribution in [0.25, 0.3) is 10.9 Å². The van der Waals surface area contributed by atoms with Crippen LogP contribution in [0.3, 0.4) is 0 Å². The van der Waals surface area contributed by atoms with Gasteiger partial charge in [-0.3, -0.25) is 4.99 Å². The maximum absolute atomic E-state index is 9.99. The van der Waals surface area contributed by atoms with E-state index in [2.05, 4.69) is 29.9 Å². The Morgan fingerprint density at radius 2 is 1.85 bits per heavy atom. The molecule has 3 heteroatoms. The first-order chi connectivity index (χ1) is 9.66. The Morgan fingerprint density at radius 1 is 1.05 bits per heavy atom. The zero-order chi connectivity index (χ0) is 14.1. The zero-order valence-corrected chi connectivity index (χ0v) is 11.5. The van der Waals surface area contributed by atoms with Gasteiger partial charge in [0.1, 0.15) is 0 Å². The van der Waals surface area contributed by atoms with Crippen LogP contribution in [0.5, 0.6) is 5.88 Å². The molecule has 0 unspecified atom stereocenters. The minimum absolute atomic E-state index is 0.153. The van der Waals surface area contributed by atoms with E-state index in [9.17, 15) is 5.11 Å². The van der Waals surface area contributed by atoms with E-state index >= 15 is 0 Å². The number of nitrogens with zero attached hydrogens (tertiary/aromatic N) is 1. The van der Waals surface area contributed by atoms with Crippen LogP contribution in [0.15, 0.2) is 47.5 Å². The van der Waals surface area contributed by atoms with Crippen LogP contribution in [-0.2, 0) is 0 Å². The molecule has 0 atom stereocenters. The number of nitrogens with one attached hydrogen (secondary N) is 1. The number of fused-ring (bicyclic) bond motifs is 1. The molecule has 0 saturated heterocycles. The molecule has 3 nitrogen and oxygen atoms in total. The van der Waals surface area contributed by atoms with Crippen LogP contribution in [0.4, 0.5) is 5.69 Å². The van der Waals surface area contributed by atoms with E-state index in [0.29, 0.717) is 0 Å². The van der Waals surface area contributed by atoms with Gasteiger partial charge in [0, 0.05) is 17.1 Å². The topological polar surface area (TPSA) is 48.4 Å². The number of rotatable bonds is 2. The van der Waals surface area contributed by atoms with Gasteiger partial charge in [-0.15, -0.1) is 0 Å². The Kier molecular flexibility index (Phi) is 3.03. The van der Waals surface area contributed by atoms with Crippen molar-refractivity contribution in [2.75, 3.05) is 0 Å². The molecule has 0 radical (unpaired) electrons. The first kappa shape index (κ1) is 12.5. The number of aliphatic imine (C=N–C) groups is 1. The summed E-state index contributed by atoms with van der Waals surface area (Å²) in [6, 6.07) is 13.8. The second-order valence-electron chi connectivity index (χ2n) is 4.91. The van der Waals surface area contributed by atoms with Crippen molar-refractivity contribution in [2.24, 2.45) is 4.99 Å². The number of aromatic amines is 1. The van der Waals surface area contributed by atoms with E-state index in [1.165, 1.54) is 5.56 Å². The average Bonchev–Trinajstić information content (AvgIpc) is 2.76. The Morgan fingerprint density at radius 3 is 2.70 bits per heavy atom. The van der Waals surface area contributed by atoms with Crippen LogP contribution in [0, 0.1) is 13.8 Å². The fraction of sp³-hybridized carbons (Fsp3) is 0.118. The molecular formula is C17H16N2O. The van der Waals surface area contributed by atoms with Gasteiger partial charge in [-0.05, 0) is 37.1 Å². The van der Waals surface area contributed by atoms with Gasteiger partial charge in [0.25, 0.3) is 0 Å². The maximum atomic E-state index is 9.99. The molecule has 0 amide bonds. The lowest BCUT2D eigenvalue weighted by atomic mass is 10.1. The molecule has 0 aliphatic rings. The van der Waals surface area contributed by atoms with Gasteiger partial charge >= 0.3 is 0 Å². The third kappa shape index (κ3) is 2.07. The SMILES string of the molecule is Cc1cccc(N=Cc2c(O)[nH]c3ccccc23)c1C. The fourth-order valence-corrected chi connectivity index (χ4v) is 2.29. The molecule has 3 aromatic rings. The van der Waals surface area contributed by atoms with Crippen molar-refractivity contribution in [3.63, 3.8) is 0 Å². The predicted octanol–water partition coefficient (Wildman–Crippen LogP) is 4.24. The first-order valence-electron chi connectivity index (χ1n) is 6.57. The summed E-state index contributed by atoms with van der Waals surface area (Å²) in [5, 5.41) is 11.0. The van der Waals surface area contributed by atoms with Crippen LogP contribution in [0.1, 0.15) is 16.7 Å². The van der Waals surface area contributed by atoms with Gasteiger partial charge in [0.05, 0.1) is 11.3 Å². The van der Waals surface area contributed by atoms with Gasteiger partial charge in [-0.1, -0.05) is 30.3 Å². The molecule has 0 fully saturated rings. The number of para-hydroxylation sites is 1. The van der Waals surface area contributed by atoms with Crippen molar-refractivity contribution >= 4 is 22.8 Å². The number of hydrogen-bond acceptors (Lipinski definition) is 2. The Bertz CT molecular complexity index is 800. The van der Waals surface area contributed by atoms with Gasteiger partial charge in [-0.2, -0.15) is 0 Å². The number of aromatic hydroxyl groups is 1. The summed E-state index contributed by atoms with van der Waals surface area (Å²) in [7, 11) is 0. The number of aryl methyl sites for hydroxylation is 1. The third-order valence-corrected chi connectivity index (χ3v) is 3.63. The highest BCUT2D eigenvalue weighted by Crippen LogP contribution is 2.27. The molecule has 2 aromatic carbocycles. The number of hydrogen-bond donors (Lipinski definition) is 2.